The summed E-state index contributed by atoms with van der Waals surface area (Å²) in [6.45, 7) is 13.7. The van der Waals surface area contributed by atoms with Crippen LogP contribution in [0.1, 0.15) is 45.6 Å². The number of rotatable bonds is 5. The third-order valence-electron chi connectivity index (χ3n) is 5.96. The van der Waals surface area contributed by atoms with E-state index in [9.17, 15) is 0 Å². The summed E-state index contributed by atoms with van der Waals surface area (Å²) in [5, 5.41) is 0. The highest BCUT2D eigenvalue weighted by Crippen LogP contribution is 2.39. The van der Waals surface area contributed by atoms with E-state index in [1.807, 2.05) is 18.5 Å². The van der Waals surface area contributed by atoms with Gasteiger partial charge in [0.2, 0.25) is 0 Å². The molecule has 0 aliphatic carbocycles. The van der Waals surface area contributed by atoms with Crippen molar-refractivity contribution in [2.45, 2.75) is 57.6 Å². The molecule has 1 aromatic rings. The minimum absolute atomic E-state index is 0.0195. The topological polar surface area (TPSA) is 28.6 Å². The average Bonchev–Trinajstić information content (AvgIpc) is 2.60. The van der Waals surface area contributed by atoms with Gasteiger partial charge >= 0.3 is 0 Å². The predicted octanol–water partition coefficient (Wildman–Crippen LogP) is 2.98. The Hall–Kier alpha value is -0.970. The number of hydrogen-bond acceptors (Lipinski definition) is 4. The van der Waals surface area contributed by atoms with Crippen LogP contribution < -0.4 is 0 Å². The molecule has 1 aromatic heterocycles. The molecule has 3 heterocycles. The van der Waals surface area contributed by atoms with E-state index < -0.39 is 0 Å². The van der Waals surface area contributed by atoms with Crippen LogP contribution in [-0.4, -0.2) is 65.3 Å². The van der Waals surface area contributed by atoms with Crippen molar-refractivity contribution in [3.05, 3.63) is 30.1 Å². The van der Waals surface area contributed by atoms with Crippen molar-refractivity contribution in [2.24, 2.45) is 0 Å². The first-order chi connectivity index (χ1) is 11.5. The van der Waals surface area contributed by atoms with Crippen LogP contribution in [0.5, 0.6) is 0 Å². The Morgan fingerprint density at radius 3 is 2.62 bits per heavy atom. The molecule has 2 aliphatic rings. The Bertz CT molecular complexity index is 511. The fraction of sp³-hybridized carbons (Fsp3) is 0.750. The number of pyridine rings is 1. The van der Waals surface area contributed by atoms with Crippen LogP contribution in [0.2, 0.25) is 0 Å². The van der Waals surface area contributed by atoms with Gasteiger partial charge in [-0.15, -0.1) is 0 Å². The predicted molar refractivity (Wildman–Crippen MR) is 98.2 cm³/mol. The molecule has 2 fully saturated rings. The smallest absolute Gasteiger partial charge is 0.0644 e. The van der Waals surface area contributed by atoms with Crippen LogP contribution in [0.3, 0.4) is 0 Å². The largest absolute Gasteiger partial charge is 0.375 e. The third-order valence-corrected chi connectivity index (χ3v) is 5.96. The standard InChI is InChI=1S/C20H33N3O/c1-4-20(8-15-24-19(2,3)17-20)23-13-11-22(12-14-23)10-7-18-6-5-9-21-16-18/h5-6,9,16H,4,7-8,10-15,17H2,1-3H3. The minimum atomic E-state index is 0.0195. The van der Waals surface area contributed by atoms with Gasteiger partial charge in [-0.05, 0) is 51.2 Å². The molecular weight excluding hydrogens is 298 g/mol. The fourth-order valence-electron chi connectivity index (χ4n) is 4.52. The number of nitrogens with zero attached hydrogens (tertiary/aromatic N) is 3. The Morgan fingerprint density at radius 2 is 2.00 bits per heavy atom. The SMILES string of the molecule is CCC1(N2CCN(CCc3cccnc3)CC2)CCOC(C)(C)C1. The van der Waals surface area contributed by atoms with E-state index in [0.29, 0.717) is 5.54 Å². The zero-order chi connectivity index (χ0) is 17.0. The molecular formula is C20H33N3O. The molecule has 134 valence electrons. The van der Waals surface area contributed by atoms with E-state index in [4.69, 9.17) is 4.74 Å². The van der Waals surface area contributed by atoms with Crippen molar-refractivity contribution in [3.8, 4) is 0 Å². The summed E-state index contributed by atoms with van der Waals surface area (Å²) in [5.74, 6) is 0. The number of ether oxygens (including phenoxy) is 1. The molecule has 4 nitrogen and oxygen atoms in total. The maximum Gasteiger partial charge on any atom is 0.0644 e. The van der Waals surface area contributed by atoms with Crippen LogP contribution in [0.15, 0.2) is 24.5 Å². The fourth-order valence-corrected chi connectivity index (χ4v) is 4.52. The quantitative estimate of drug-likeness (QED) is 0.829. The van der Waals surface area contributed by atoms with Crippen LogP contribution in [0, 0.1) is 0 Å². The second kappa shape index (κ2) is 7.51. The number of piperazine rings is 1. The lowest BCUT2D eigenvalue weighted by molar-refractivity contribution is -0.128. The monoisotopic (exact) mass is 331 g/mol. The molecule has 24 heavy (non-hydrogen) atoms. The van der Waals surface area contributed by atoms with E-state index in [1.165, 1.54) is 44.6 Å². The average molecular weight is 332 g/mol. The van der Waals surface area contributed by atoms with Crippen LogP contribution in [-0.2, 0) is 11.2 Å². The number of hydrogen-bond donors (Lipinski definition) is 0. The summed E-state index contributed by atoms with van der Waals surface area (Å²) in [4.78, 5) is 9.59. The summed E-state index contributed by atoms with van der Waals surface area (Å²) in [6.07, 6.45) is 8.52. The van der Waals surface area contributed by atoms with Gasteiger partial charge in [0.25, 0.3) is 0 Å². The van der Waals surface area contributed by atoms with Gasteiger partial charge in [-0.2, -0.15) is 0 Å². The molecule has 4 heteroatoms. The molecule has 2 aliphatic heterocycles. The van der Waals surface area contributed by atoms with E-state index in [0.717, 1.165) is 26.0 Å². The molecule has 1 unspecified atom stereocenters. The van der Waals surface area contributed by atoms with Gasteiger partial charge in [0.05, 0.1) is 5.60 Å². The van der Waals surface area contributed by atoms with Crippen LogP contribution in [0.25, 0.3) is 0 Å². The molecule has 0 N–H and O–H groups in total. The second-order valence-corrected chi connectivity index (χ2v) is 8.05. The molecule has 1 atom stereocenters. The minimum Gasteiger partial charge on any atom is -0.375 e. The Kier molecular flexibility index (Phi) is 5.58. The van der Waals surface area contributed by atoms with Crippen LogP contribution >= 0.6 is 0 Å². The van der Waals surface area contributed by atoms with E-state index >= 15 is 0 Å². The van der Waals surface area contributed by atoms with Gasteiger partial charge < -0.3 is 9.64 Å². The first-order valence-corrected chi connectivity index (χ1v) is 9.53. The summed E-state index contributed by atoms with van der Waals surface area (Å²) in [5.41, 5.74) is 1.71. The van der Waals surface area contributed by atoms with Crippen molar-refractivity contribution >= 4 is 0 Å². The zero-order valence-electron chi connectivity index (χ0n) is 15.6. The first kappa shape index (κ1) is 17.8. The molecule has 0 saturated carbocycles. The molecule has 2 saturated heterocycles. The molecule has 0 radical (unpaired) electrons. The van der Waals surface area contributed by atoms with E-state index in [-0.39, 0.29) is 5.60 Å². The Labute approximate surface area is 147 Å². The second-order valence-electron chi connectivity index (χ2n) is 8.05. The summed E-state index contributed by atoms with van der Waals surface area (Å²) in [6, 6.07) is 4.21. The van der Waals surface area contributed by atoms with Crippen molar-refractivity contribution in [3.63, 3.8) is 0 Å². The lowest BCUT2D eigenvalue weighted by atomic mass is 9.77. The maximum atomic E-state index is 5.98. The summed E-state index contributed by atoms with van der Waals surface area (Å²) in [7, 11) is 0. The lowest BCUT2D eigenvalue weighted by Gasteiger charge is -2.53. The maximum absolute atomic E-state index is 5.98. The summed E-state index contributed by atoms with van der Waals surface area (Å²) >= 11 is 0. The summed E-state index contributed by atoms with van der Waals surface area (Å²) < 4.78 is 5.98. The Morgan fingerprint density at radius 1 is 1.21 bits per heavy atom. The van der Waals surface area contributed by atoms with Crippen LogP contribution in [0.4, 0.5) is 0 Å². The Balaban J connectivity index is 1.52. The zero-order valence-corrected chi connectivity index (χ0v) is 15.6. The van der Waals surface area contributed by atoms with Gasteiger partial charge in [0.15, 0.2) is 0 Å². The molecule has 0 amide bonds. The van der Waals surface area contributed by atoms with Gasteiger partial charge in [-0.25, -0.2) is 0 Å². The van der Waals surface area contributed by atoms with Gasteiger partial charge in [-0.3, -0.25) is 9.88 Å². The van der Waals surface area contributed by atoms with Gasteiger partial charge in [0, 0.05) is 57.3 Å². The molecule has 0 aromatic carbocycles. The molecule has 0 spiro atoms. The molecule has 0 bridgehead atoms. The van der Waals surface area contributed by atoms with E-state index in [2.05, 4.69) is 41.6 Å². The highest BCUT2D eigenvalue weighted by molar-refractivity contribution is 5.09. The van der Waals surface area contributed by atoms with E-state index in [1.54, 1.807) is 0 Å². The highest BCUT2D eigenvalue weighted by atomic mass is 16.5. The highest BCUT2D eigenvalue weighted by Gasteiger charge is 2.44. The van der Waals surface area contributed by atoms with Crippen molar-refractivity contribution in [1.82, 2.24) is 14.8 Å². The van der Waals surface area contributed by atoms with Crippen molar-refractivity contribution in [2.75, 3.05) is 39.3 Å². The normalized spacial score (nSPS) is 28.8. The van der Waals surface area contributed by atoms with Crippen molar-refractivity contribution in [1.29, 1.82) is 0 Å². The van der Waals surface area contributed by atoms with Gasteiger partial charge in [0.1, 0.15) is 0 Å². The first-order valence-electron chi connectivity index (χ1n) is 9.53. The number of aromatic nitrogens is 1. The third kappa shape index (κ3) is 4.16. The molecule has 3 rings (SSSR count). The lowest BCUT2D eigenvalue weighted by Crippen LogP contribution is -2.61. The van der Waals surface area contributed by atoms with Gasteiger partial charge in [-0.1, -0.05) is 13.0 Å². The van der Waals surface area contributed by atoms with Crippen molar-refractivity contribution < 1.29 is 4.74 Å².